The van der Waals surface area contributed by atoms with E-state index in [9.17, 15) is 0 Å². The number of rotatable bonds is 3. The van der Waals surface area contributed by atoms with Crippen LogP contribution in [0, 0.1) is 0 Å². The second-order valence-electron chi connectivity index (χ2n) is 4.65. The number of fused-ring (bicyclic) bond motifs is 1. The van der Waals surface area contributed by atoms with Crippen LogP contribution in [0.3, 0.4) is 0 Å². The molecule has 0 bridgehead atoms. The highest BCUT2D eigenvalue weighted by atomic mass is 32.1. The number of thiophene rings is 1. The second kappa shape index (κ2) is 4.26. The van der Waals surface area contributed by atoms with Gasteiger partial charge in [-0.1, -0.05) is 6.92 Å². The number of anilines is 1. The van der Waals surface area contributed by atoms with Crippen molar-refractivity contribution >= 4 is 27.4 Å². The van der Waals surface area contributed by atoms with Crippen LogP contribution in [0.2, 0.25) is 0 Å². The fraction of sp³-hybridized carbons (Fsp3) is 0.538. The molecule has 2 aromatic heterocycles. The van der Waals surface area contributed by atoms with E-state index in [1.165, 1.54) is 24.6 Å². The molecule has 0 unspecified atom stereocenters. The van der Waals surface area contributed by atoms with Gasteiger partial charge >= 0.3 is 0 Å². The lowest BCUT2D eigenvalue weighted by atomic mass is 9.92. The van der Waals surface area contributed by atoms with Crippen molar-refractivity contribution in [1.82, 2.24) is 9.97 Å². The summed E-state index contributed by atoms with van der Waals surface area (Å²) >= 11 is 1.71. The summed E-state index contributed by atoms with van der Waals surface area (Å²) in [6.45, 7) is 2.11. The van der Waals surface area contributed by atoms with Gasteiger partial charge in [0.1, 0.15) is 16.5 Å². The van der Waals surface area contributed by atoms with Crippen LogP contribution in [0.5, 0.6) is 0 Å². The number of hydrogen-bond acceptors (Lipinski definition) is 4. The molecule has 3 nitrogen and oxygen atoms in total. The average molecular weight is 247 g/mol. The van der Waals surface area contributed by atoms with Crippen LogP contribution in [0.25, 0.3) is 10.2 Å². The molecule has 2 heterocycles. The van der Waals surface area contributed by atoms with Crippen LogP contribution in [-0.2, 0) is 6.42 Å². The Hall–Kier alpha value is -1.16. The van der Waals surface area contributed by atoms with Crippen LogP contribution in [-0.4, -0.2) is 23.1 Å². The minimum absolute atomic E-state index is 0.678. The van der Waals surface area contributed by atoms with E-state index in [2.05, 4.69) is 35.3 Å². The number of nitrogens with zero attached hydrogens (tertiary/aromatic N) is 3. The minimum Gasteiger partial charge on any atom is -0.356 e. The fourth-order valence-electron chi connectivity index (χ4n) is 2.26. The maximum absolute atomic E-state index is 4.72. The zero-order valence-corrected chi connectivity index (χ0v) is 11.1. The lowest BCUT2D eigenvalue weighted by Gasteiger charge is -2.35. The molecule has 0 spiro atoms. The monoisotopic (exact) mass is 247 g/mol. The van der Waals surface area contributed by atoms with Crippen LogP contribution >= 0.6 is 11.3 Å². The van der Waals surface area contributed by atoms with Crippen molar-refractivity contribution in [2.75, 3.05) is 11.9 Å². The topological polar surface area (TPSA) is 29.0 Å². The first kappa shape index (κ1) is 11.0. The van der Waals surface area contributed by atoms with E-state index in [1.807, 2.05) is 0 Å². The first-order chi connectivity index (χ1) is 8.29. The summed E-state index contributed by atoms with van der Waals surface area (Å²) in [6, 6.07) is 2.82. The van der Waals surface area contributed by atoms with E-state index in [-0.39, 0.29) is 0 Å². The maximum atomic E-state index is 4.72. The molecule has 90 valence electrons. The predicted molar refractivity (Wildman–Crippen MR) is 72.8 cm³/mol. The van der Waals surface area contributed by atoms with Crippen molar-refractivity contribution in [1.29, 1.82) is 0 Å². The third-order valence-electron chi connectivity index (χ3n) is 3.62. The molecule has 0 aromatic carbocycles. The number of aryl methyl sites for hydroxylation is 1. The summed E-state index contributed by atoms with van der Waals surface area (Å²) in [6.07, 6.45) is 4.86. The molecule has 1 fully saturated rings. The summed E-state index contributed by atoms with van der Waals surface area (Å²) in [7, 11) is 2.17. The van der Waals surface area contributed by atoms with Gasteiger partial charge in [0.25, 0.3) is 0 Å². The van der Waals surface area contributed by atoms with E-state index in [4.69, 9.17) is 4.98 Å². The number of hydrogen-bond donors (Lipinski definition) is 0. The quantitative estimate of drug-likeness (QED) is 0.833. The Morgan fingerprint density at radius 1 is 1.41 bits per heavy atom. The van der Waals surface area contributed by atoms with Crippen molar-refractivity contribution < 1.29 is 0 Å². The predicted octanol–water partition coefficient (Wildman–Crippen LogP) is 3.24. The molecule has 1 aliphatic rings. The first-order valence-electron chi connectivity index (χ1n) is 6.26. The van der Waals surface area contributed by atoms with Gasteiger partial charge in [0.15, 0.2) is 0 Å². The summed E-state index contributed by atoms with van der Waals surface area (Å²) in [5.74, 6) is 2.08. The van der Waals surface area contributed by atoms with Crippen molar-refractivity contribution in [2.24, 2.45) is 0 Å². The highest BCUT2D eigenvalue weighted by Gasteiger charge is 2.24. The number of aromatic nitrogens is 2. The highest BCUT2D eigenvalue weighted by Crippen LogP contribution is 2.33. The molecule has 0 amide bonds. The minimum atomic E-state index is 0.678. The molecule has 4 heteroatoms. The Kier molecular flexibility index (Phi) is 2.74. The van der Waals surface area contributed by atoms with Crippen LogP contribution in [0.4, 0.5) is 5.82 Å². The average Bonchev–Trinajstić information content (AvgIpc) is 2.72. The molecule has 0 radical (unpaired) electrons. The Bertz CT molecular complexity index is 530. The van der Waals surface area contributed by atoms with E-state index in [0.717, 1.165) is 22.9 Å². The Labute approximate surface area is 106 Å². The zero-order chi connectivity index (χ0) is 11.8. The molecular formula is C13H17N3S. The smallest absolute Gasteiger partial charge is 0.141 e. The lowest BCUT2D eigenvalue weighted by Crippen LogP contribution is -2.37. The van der Waals surface area contributed by atoms with Gasteiger partial charge in [0, 0.05) is 19.5 Å². The van der Waals surface area contributed by atoms with Gasteiger partial charge in [0.2, 0.25) is 0 Å². The fourth-order valence-corrected chi connectivity index (χ4v) is 3.03. The van der Waals surface area contributed by atoms with Gasteiger partial charge in [-0.05, 0) is 30.7 Å². The first-order valence-corrected chi connectivity index (χ1v) is 7.14. The molecule has 1 aliphatic carbocycles. The summed E-state index contributed by atoms with van der Waals surface area (Å²) in [5, 5.41) is 3.32. The molecule has 2 aromatic rings. The Morgan fingerprint density at radius 2 is 2.24 bits per heavy atom. The molecule has 3 rings (SSSR count). The van der Waals surface area contributed by atoms with Gasteiger partial charge in [0.05, 0.1) is 5.39 Å². The maximum Gasteiger partial charge on any atom is 0.141 e. The summed E-state index contributed by atoms with van der Waals surface area (Å²) in [5.41, 5.74) is 0. The second-order valence-corrected chi connectivity index (χ2v) is 5.55. The third-order valence-corrected chi connectivity index (χ3v) is 4.43. The van der Waals surface area contributed by atoms with Crippen molar-refractivity contribution in [3.8, 4) is 0 Å². The van der Waals surface area contributed by atoms with Gasteiger partial charge in [-0.2, -0.15) is 0 Å². The largest absolute Gasteiger partial charge is 0.356 e. The van der Waals surface area contributed by atoms with Crippen molar-refractivity contribution in [3.63, 3.8) is 0 Å². The normalized spacial score (nSPS) is 16.1. The molecule has 1 saturated carbocycles. The zero-order valence-electron chi connectivity index (χ0n) is 10.3. The van der Waals surface area contributed by atoms with E-state index >= 15 is 0 Å². The van der Waals surface area contributed by atoms with Crippen LogP contribution in [0.15, 0.2) is 11.4 Å². The van der Waals surface area contributed by atoms with Crippen molar-refractivity contribution in [2.45, 2.75) is 38.6 Å². The van der Waals surface area contributed by atoms with Crippen LogP contribution < -0.4 is 4.90 Å². The van der Waals surface area contributed by atoms with Crippen LogP contribution in [0.1, 0.15) is 32.0 Å². The summed E-state index contributed by atoms with van der Waals surface area (Å²) < 4.78 is 0. The van der Waals surface area contributed by atoms with Gasteiger partial charge in [-0.25, -0.2) is 9.97 Å². The molecule has 0 N–H and O–H groups in total. The third kappa shape index (κ3) is 1.80. The molecule has 17 heavy (non-hydrogen) atoms. The van der Waals surface area contributed by atoms with E-state index in [1.54, 1.807) is 11.3 Å². The SMILES string of the molecule is CCc1nc(N(C)C2CCC2)c2ccsc2n1. The molecular weight excluding hydrogens is 230 g/mol. The standard InChI is InChI=1S/C13H17N3S/c1-3-11-14-12(16(2)9-5-4-6-9)10-7-8-17-13(10)15-11/h7-9H,3-6H2,1-2H3. The molecule has 0 atom stereocenters. The summed E-state index contributed by atoms with van der Waals surface area (Å²) in [4.78, 5) is 12.8. The van der Waals surface area contributed by atoms with Gasteiger partial charge in [-0.15, -0.1) is 11.3 Å². The highest BCUT2D eigenvalue weighted by molar-refractivity contribution is 7.16. The van der Waals surface area contributed by atoms with Gasteiger partial charge in [-0.3, -0.25) is 0 Å². The Morgan fingerprint density at radius 3 is 2.88 bits per heavy atom. The van der Waals surface area contributed by atoms with Gasteiger partial charge < -0.3 is 4.90 Å². The lowest BCUT2D eigenvalue weighted by molar-refractivity contribution is 0.399. The Balaban J connectivity index is 2.08. The molecule has 0 aliphatic heterocycles. The van der Waals surface area contributed by atoms with Crippen molar-refractivity contribution in [3.05, 3.63) is 17.3 Å². The molecule has 0 saturated heterocycles. The van der Waals surface area contributed by atoms with E-state index in [0.29, 0.717) is 6.04 Å². The van der Waals surface area contributed by atoms with E-state index < -0.39 is 0 Å².